The van der Waals surface area contributed by atoms with E-state index in [1.54, 1.807) is 0 Å². The van der Waals surface area contributed by atoms with Crippen LogP contribution in [0.25, 0.3) is 0 Å². The molecule has 0 saturated heterocycles. The van der Waals surface area contributed by atoms with Gasteiger partial charge in [0.2, 0.25) is 0 Å². The van der Waals surface area contributed by atoms with Crippen LogP contribution in [0.15, 0.2) is 0 Å². The summed E-state index contributed by atoms with van der Waals surface area (Å²) in [5, 5.41) is 14.8. The molecule has 0 aliphatic heterocycles. The van der Waals surface area contributed by atoms with Crippen LogP contribution >= 0.6 is 0 Å². The summed E-state index contributed by atoms with van der Waals surface area (Å²) in [5.41, 5.74) is 0. The Morgan fingerprint density at radius 1 is 1.50 bits per heavy atom. The molecule has 6 heavy (non-hydrogen) atoms. The molecule has 0 aliphatic rings. The van der Waals surface area contributed by atoms with Gasteiger partial charge >= 0.3 is 127 Å². The molecule has 0 aromatic rings. The molecule has 6 heteroatoms. The van der Waals surface area contributed by atoms with Crippen LogP contribution in [0.2, 0.25) is 0 Å². The molecule has 0 atom stereocenters. The fourth-order valence-corrected chi connectivity index (χ4v) is 0. The number of hydrogen-bond donors (Lipinski definition) is 0. The Labute approximate surface area is 144 Å². The predicted molar refractivity (Wildman–Crippen MR) is 11.5 cm³/mol. The van der Waals surface area contributed by atoms with Gasteiger partial charge in [-0.2, -0.15) is 0 Å². The Morgan fingerprint density at radius 3 is 1.50 bits per heavy atom. The first kappa shape index (κ1) is 16.0. The van der Waals surface area contributed by atoms with E-state index in [2.05, 4.69) is 0 Å². The molecule has 0 heterocycles. The molecule has 0 saturated carbocycles. The van der Waals surface area contributed by atoms with Gasteiger partial charge in [0.15, 0.2) is 0 Å². The zero-order chi connectivity index (χ0) is 3.58. The first-order valence-corrected chi connectivity index (χ1v) is 0.548. The Balaban J connectivity index is -0.0000000150. The average molecular weight is 281 g/mol. The van der Waals surface area contributed by atoms with E-state index < -0.39 is 5.09 Å². The molecule has 4 nitrogen and oxygen atoms in total. The van der Waals surface area contributed by atoms with Crippen LogP contribution in [0.1, 0.15) is 1.43 Å². The second-order valence-electron chi connectivity index (χ2n) is 0.224. The van der Waals surface area contributed by atoms with Gasteiger partial charge < -0.3 is 16.7 Å². The van der Waals surface area contributed by atoms with E-state index in [4.69, 9.17) is 15.3 Å². The average Bonchev–Trinajstić information content (AvgIpc) is 0.811. The minimum absolute atomic E-state index is 0. The predicted octanol–water partition coefficient (Wildman–Crippen LogP) is -6.12. The van der Waals surface area contributed by atoms with Crippen molar-refractivity contribution >= 4 is 0 Å². The van der Waals surface area contributed by atoms with Gasteiger partial charge in [0, 0.05) is 0 Å². The van der Waals surface area contributed by atoms with E-state index in [9.17, 15) is 0 Å². The van der Waals surface area contributed by atoms with Gasteiger partial charge in [-0.3, -0.25) is 0 Å². The van der Waals surface area contributed by atoms with Crippen molar-refractivity contribution < 1.29 is 134 Å². The Morgan fingerprint density at radius 2 is 1.50 bits per heavy atom. The summed E-state index contributed by atoms with van der Waals surface area (Å²) >= 11 is 0. The summed E-state index contributed by atoms with van der Waals surface area (Å²) in [6.07, 6.45) is 0. The monoisotopic (exact) mass is 281 g/mol. The third-order valence-electron chi connectivity index (χ3n) is 0. The second-order valence-corrected chi connectivity index (χ2v) is 0.224. The normalized spacial score (nSPS) is 4.00. The summed E-state index contributed by atoms with van der Waals surface area (Å²) in [6, 6.07) is 0. The molecular formula is HCsNO3Rb. The molecule has 0 amide bonds. The summed E-state index contributed by atoms with van der Waals surface area (Å²) in [7, 11) is 0. The molecular weight excluding hydrogens is 280 g/mol. The maximum Gasteiger partial charge on any atom is 1.00 e. The van der Waals surface area contributed by atoms with Crippen molar-refractivity contribution in [3.05, 3.63) is 15.3 Å². The number of rotatable bonds is 0. The third-order valence-corrected chi connectivity index (χ3v) is 0. The van der Waals surface area contributed by atoms with E-state index in [0.717, 1.165) is 0 Å². The smallest absolute Gasteiger partial charge is 1.00 e. The molecule has 0 aliphatic carbocycles. The van der Waals surface area contributed by atoms with Crippen molar-refractivity contribution in [2.45, 2.75) is 0 Å². The molecule has 0 fully saturated rings. The molecule has 0 bridgehead atoms. The van der Waals surface area contributed by atoms with Crippen LogP contribution in [-0.2, 0) is 0 Å². The molecule has 0 spiro atoms. The number of nitrogens with zero attached hydrogens (tertiary/aromatic N) is 1. The van der Waals surface area contributed by atoms with Gasteiger partial charge in [-0.25, -0.2) is 0 Å². The molecule has 26 valence electrons. The van der Waals surface area contributed by atoms with Gasteiger partial charge in [-0.15, -0.1) is 0 Å². The van der Waals surface area contributed by atoms with Crippen LogP contribution in [0.4, 0.5) is 0 Å². The van der Waals surface area contributed by atoms with Crippen molar-refractivity contribution in [2.75, 3.05) is 0 Å². The molecule has 0 N–H and O–H groups in total. The first-order chi connectivity index (χ1) is 1.73. The molecule has 0 unspecified atom stereocenters. The Kier molecular flexibility index (Phi) is 29.2. The number of hydrogen-bond acceptors (Lipinski definition) is 3. The van der Waals surface area contributed by atoms with Crippen molar-refractivity contribution in [3.8, 4) is 0 Å². The molecule has 0 rings (SSSR count). The molecule has 0 radical (unpaired) electrons. The van der Waals surface area contributed by atoms with Gasteiger partial charge in [0.1, 0.15) is 0 Å². The Hall–Kier alpha value is 3.06. The summed E-state index contributed by atoms with van der Waals surface area (Å²) in [6.45, 7) is 0. The maximum absolute atomic E-state index is 8.25. The van der Waals surface area contributed by atoms with Crippen LogP contribution in [0, 0.1) is 15.3 Å². The van der Waals surface area contributed by atoms with E-state index in [-0.39, 0.29) is 129 Å². The standard InChI is InChI=1S/Cs.NO3.Rb.H/c;2-1(3)4;;/q+1;-1;+1;-1. The van der Waals surface area contributed by atoms with E-state index in [1.807, 2.05) is 0 Å². The molecule has 0 aromatic carbocycles. The minimum Gasteiger partial charge on any atom is -1.00 e. The summed E-state index contributed by atoms with van der Waals surface area (Å²) in [5.74, 6) is 0. The van der Waals surface area contributed by atoms with Gasteiger partial charge in [-0.1, -0.05) is 0 Å². The van der Waals surface area contributed by atoms with Gasteiger partial charge in [0.25, 0.3) is 0 Å². The topological polar surface area (TPSA) is 66.2 Å². The van der Waals surface area contributed by atoms with E-state index >= 15 is 0 Å². The third kappa shape index (κ3) is 27.7. The van der Waals surface area contributed by atoms with Crippen LogP contribution in [0.5, 0.6) is 0 Å². The SMILES string of the molecule is O=[N+]([O-])[O-].[Cs+].[H-].[Rb+]. The summed E-state index contributed by atoms with van der Waals surface area (Å²) in [4.78, 5) is 8.25. The minimum atomic E-state index is -1.75. The first-order valence-electron chi connectivity index (χ1n) is 0.548. The quantitative estimate of drug-likeness (QED) is 0.328. The van der Waals surface area contributed by atoms with Crippen molar-refractivity contribution in [2.24, 2.45) is 0 Å². The maximum atomic E-state index is 8.25. The van der Waals surface area contributed by atoms with Crippen LogP contribution < -0.4 is 127 Å². The van der Waals surface area contributed by atoms with Crippen LogP contribution in [0.3, 0.4) is 0 Å². The van der Waals surface area contributed by atoms with Gasteiger partial charge in [0.05, 0.1) is 5.09 Å². The fourth-order valence-electron chi connectivity index (χ4n) is 0. The zero-order valence-corrected chi connectivity index (χ0v) is 14.9. The van der Waals surface area contributed by atoms with Crippen LogP contribution in [-0.4, -0.2) is 5.09 Å². The second kappa shape index (κ2) is 10.9. The molecule has 0 aromatic heterocycles. The van der Waals surface area contributed by atoms with Crippen molar-refractivity contribution in [1.29, 1.82) is 0 Å². The van der Waals surface area contributed by atoms with Crippen molar-refractivity contribution in [3.63, 3.8) is 0 Å². The largest absolute Gasteiger partial charge is 1.00 e. The van der Waals surface area contributed by atoms with E-state index in [1.165, 1.54) is 0 Å². The Bertz CT molecular complexity index is 37.9. The van der Waals surface area contributed by atoms with E-state index in [0.29, 0.717) is 0 Å². The van der Waals surface area contributed by atoms with Gasteiger partial charge in [-0.05, 0) is 0 Å². The fraction of sp³-hybridized carbons (Fsp3) is 0. The zero-order valence-electron chi connectivity index (χ0n) is 4.67. The summed E-state index contributed by atoms with van der Waals surface area (Å²) < 4.78 is 0. The van der Waals surface area contributed by atoms with Crippen molar-refractivity contribution in [1.82, 2.24) is 0 Å².